The van der Waals surface area contributed by atoms with Crippen LogP contribution in [0.3, 0.4) is 0 Å². The van der Waals surface area contributed by atoms with E-state index >= 15 is 0 Å². The summed E-state index contributed by atoms with van der Waals surface area (Å²) >= 11 is 0. The predicted molar refractivity (Wildman–Crippen MR) is 56.7 cm³/mol. The number of nitrogen functional groups attached to an aromatic ring is 1. The smallest absolute Gasteiger partial charge is 0.411 e. The number of methoxy groups -OCH3 is 1. The first-order valence-electron chi connectivity index (χ1n) is 4.06. The van der Waals surface area contributed by atoms with Gasteiger partial charge in [-0.2, -0.15) is 8.42 Å². The van der Waals surface area contributed by atoms with Crippen LogP contribution in [-0.2, 0) is 14.9 Å². The minimum Gasteiger partial charge on any atom is -0.453 e. The maximum atomic E-state index is 10.8. The van der Waals surface area contributed by atoms with Crippen LogP contribution in [0.15, 0.2) is 23.1 Å². The molecule has 0 aromatic heterocycles. The second kappa shape index (κ2) is 4.37. The number of rotatable bonds is 2. The van der Waals surface area contributed by atoms with E-state index in [0.29, 0.717) is 0 Å². The van der Waals surface area contributed by atoms with E-state index in [1.54, 1.807) is 0 Å². The summed E-state index contributed by atoms with van der Waals surface area (Å²) in [5.74, 6) is 0. The lowest BCUT2D eigenvalue weighted by molar-refractivity contribution is 0.187. The highest BCUT2D eigenvalue weighted by Gasteiger charge is 2.14. The van der Waals surface area contributed by atoms with E-state index in [4.69, 9.17) is 10.3 Å². The average molecular weight is 246 g/mol. The lowest BCUT2D eigenvalue weighted by Crippen LogP contribution is -2.11. The molecule has 0 atom stereocenters. The maximum Gasteiger partial charge on any atom is 0.411 e. The molecule has 0 bridgehead atoms. The van der Waals surface area contributed by atoms with Crippen molar-refractivity contribution in [2.75, 3.05) is 18.2 Å². The Kier molecular flexibility index (Phi) is 3.35. The normalized spacial score (nSPS) is 10.9. The van der Waals surface area contributed by atoms with Crippen LogP contribution in [0.2, 0.25) is 0 Å². The van der Waals surface area contributed by atoms with Gasteiger partial charge < -0.3 is 10.5 Å². The van der Waals surface area contributed by atoms with E-state index in [1.807, 2.05) is 0 Å². The highest BCUT2D eigenvalue weighted by Crippen LogP contribution is 2.22. The summed E-state index contributed by atoms with van der Waals surface area (Å²) in [5, 5.41) is 2.29. The van der Waals surface area contributed by atoms with Gasteiger partial charge in [0, 0.05) is 5.69 Å². The first-order valence-corrected chi connectivity index (χ1v) is 5.50. The molecule has 1 rings (SSSR count). The second-order valence-corrected chi connectivity index (χ2v) is 4.23. The van der Waals surface area contributed by atoms with E-state index in [1.165, 1.54) is 19.2 Å². The van der Waals surface area contributed by atoms with Gasteiger partial charge in [-0.1, -0.05) is 0 Å². The van der Waals surface area contributed by atoms with Gasteiger partial charge in [0.05, 0.1) is 12.8 Å². The Morgan fingerprint density at radius 1 is 1.50 bits per heavy atom. The molecule has 0 aliphatic heterocycles. The predicted octanol–water partition coefficient (Wildman–Crippen LogP) is 0.694. The van der Waals surface area contributed by atoms with Gasteiger partial charge in [0.25, 0.3) is 10.1 Å². The third kappa shape index (κ3) is 2.84. The molecule has 0 fully saturated rings. The molecule has 0 spiro atoms. The summed E-state index contributed by atoms with van der Waals surface area (Å²) in [6.45, 7) is 0. The molecule has 16 heavy (non-hydrogen) atoms. The SMILES string of the molecule is COC(=O)Nc1ccc(S(=O)(=O)O)c(N)c1. The van der Waals surface area contributed by atoms with E-state index in [0.717, 1.165) is 6.07 Å². The molecule has 88 valence electrons. The van der Waals surface area contributed by atoms with Crippen LogP contribution < -0.4 is 11.1 Å². The van der Waals surface area contributed by atoms with Crippen molar-refractivity contribution in [3.05, 3.63) is 18.2 Å². The molecule has 0 unspecified atom stereocenters. The van der Waals surface area contributed by atoms with Crippen molar-refractivity contribution in [3.8, 4) is 0 Å². The zero-order valence-electron chi connectivity index (χ0n) is 8.30. The monoisotopic (exact) mass is 246 g/mol. The van der Waals surface area contributed by atoms with Gasteiger partial charge >= 0.3 is 6.09 Å². The minimum absolute atomic E-state index is 0.170. The average Bonchev–Trinajstić information content (AvgIpc) is 2.15. The highest BCUT2D eigenvalue weighted by molar-refractivity contribution is 7.86. The molecule has 1 aromatic carbocycles. The van der Waals surface area contributed by atoms with Crippen molar-refractivity contribution < 1.29 is 22.5 Å². The lowest BCUT2D eigenvalue weighted by atomic mass is 10.3. The van der Waals surface area contributed by atoms with Crippen molar-refractivity contribution in [2.45, 2.75) is 4.90 Å². The summed E-state index contributed by atoms with van der Waals surface area (Å²) in [6.07, 6.45) is -0.709. The molecule has 4 N–H and O–H groups in total. The first-order chi connectivity index (χ1) is 7.34. The zero-order valence-corrected chi connectivity index (χ0v) is 9.11. The molecule has 7 nitrogen and oxygen atoms in total. The number of ether oxygens (including phenoxy) is 1. The van der Waals surface area contributed by atoms with Gasteiger partial charge in [0.1, 0.15) is 4.90 Å². The summed E-state index contributed by atoms with van der Waals surface area (Å²) in [4.78, 5) is 10.4. The second-order valence-electron chi connectivity index (χ2n) is 2.84. The molecule has 0 saturated heterocycles. The quantitative estimate of drug-likeness (QED) is 0.522. The number of carbonyl (C=O) groups excluding carboxylic acids is 1. The standard InChI is InChI=1S/C8H10N2O5S/c1-15-8(11)10-5-2-3-7(6(9)4-5)16(12,13)14/h2-4H,9H2,1H3,(H,10,11)(H,12,13,14). The molecule has 0 aliphatic carbocycles. The third-order valence-electron chi connectivity index (χ3n) is 1.72. The van der Waals surface area contributed by atoms with Crippen molar-refractivity contribution in [3.63, 3.8) is 0 Å². The van der Waals surface area contributed by atoms with Gasteiger partial charge in [-0.3, -0.25) is 9.87 Å². The Balaban J connectivity index is 3.05. The Labute approximate surface area is 92.0 Å². The molecule has 0 radical (unpaired) electrons. The number of anilines is 2. The largest absolute Gasteiger partial charge is 0.453 e. The van der Waals surface area contributed by atoms with Crippen LogP contribution in [-0.4, -0.2) is 26.2 Å². The van der Waals surface area contributed by atoms with Crippen LogP contribution in [0.1, 0.15) is 0 Å². The molecular weight excluding hydrogens is 236 g/mol. The number of benzene rings is 1. The summed E-state index contributed by atoms with van der Waals surface area (Å²) in [7, 11) is -3.17. The number of nitrogens with one attached hydrogen (secondary N) is 1. The van der Waals surface area contributed by atoms with Crippen molar-refractivity contribution in [1.29, 1.82) is 0 Å². The molecule has 0 heterocycles. The van der Waals surface area contributed by atoms with Crippen molar-refractivity contribution in [1.82, 2.24) is 0 Å². The van der Waals surface area contributed by atoms with Crippen LogP contribution >= 0.6 is 0 Å². The molecular formula is C8H10N2O5S. The molecule has 0 aliphatic rings. The van der Waals surface area contributed by atoms with Gasteiger partial charge in [0.15, 0.2) is 0 Å². The zero-order chi connectivity index (χ0) is 12.3. The number of hydrogen-bond donors (Lipinski definition) is 3. The van der Waals surface area contributed by atoms with Gasteiger partial charge in [-0.15, -0.1) is 0 Å². The Bertz CT molecular complexity index is 511. The molecule has 8 heteroatoms. The first kappa shape index (κ1) is 12.3. The summed E-state index contributed by atoms with van der Waals surface area (Å²) < 4.78 is 34.7. The molecule has 0 saturated carbocycles. The third-order valence-corrected chi connectivity index (χ3v) is 2.65. The fourth-order valence-electron chi connectivity index (χ4n) is 1.03. The minimum atomic E-state index is -4.35. The summed E-state index contributed by atoms with van der Waals surface area (Å²) in [5.41, 5.74) is 5.48. The number of amides is 1. The fraction of sp³-hybridized carbons (Fsp3) is 0.125. The molecule has 1 amide bonds. The Morgan fingerprint density at radius 3 is 2.56 bits per heavy atom. The Hall–Kier alpha value is -1.80. The van der Waals surface area contributed by atoms with Crippen molar-refractivity contribution >= 4 is 27.6 Å². The van der Waals surface area contributed by atoms with Crippen LogP contribution in [0.25, 0.3) is 0 Å². The van der Waals surface area contributed by atoms with E-state index in [9.17, 15) is 13.2 Å². The van der Waals surface area contributed by atoms with E-state index in [-0.39, 0.29) is 11.4 Å². The number of hydrogen-bond acceptors (Lipinski definition) is 5. The van der Waals surface area contributed by atoms with Crippen LogP contribution in [0, 0.1) is 0 Å². The van der Waals surface area contributed by atoms with Crippen molar-refractivity contribution in [2.24, 2.45) is 0 Å². The fourth-order valence-corrected chi connectivity index (χ4v) is 1.63. The van der Waals surface area contributed by atoms with Crippen LogP contribution in [0.5, 0.6) is 0 Å². The number of carbonyl (C=O) groups is 1. The summed E-state index contributed by atoms with van der Waals surface area (Å²) in [6, 6.07) is 3.55. The topological polar surface area (TPSA) is 119 Å². The van der Waals surface area contributed by atoms with Crippen LogP contribution in [0.4, 0.5) is 16.2 Å². The van der Waals surface area contributed by atoms with Gasteiger partial charge in [-0.25, -0.2) is 4.79 Å². The van der Waals surface area contributed by atoms with Gasteiger partial charge in [-0.05, 0) is 18.2 Å². The lowest BCUT2D eigenvalue weighted by Gasteiger charge is -2.06. The molecule has 1 aromatic rings. The highest BCUT2D eigenvalue weighted by atomic mass is 32.2. The van der Waals surface area contributed by atoms with E-state index in [2.05, 4.69) is 10.1 Å². The maximum absolute atomic E-state index is 10.8. The van der Waals surface area contributed by atoms with Gasteiger partial charge in [0.2, 0.25) is 0 Å². The number of nitrogens with two attached hydrogens (primary N) is 1. The Morgan fingerprint density at radius 2 is 2.12 bits per heavy atom. The van der Waals surface area contributed by atoms with E-state index < -0.39 is 21.1 Å².